The summed E-state index contributed by atoms with van der Waals surface area (Å²) in [7, 11) is 0. The van der Waals surface area contributed by atoms with Gasteiger partial charge in [0.25, 0.3) is 5.69 Å². The second-order valence-electron chi connectivity index (χ2n) is 14.5. The molecule has 0 aromatic heterocycles. The molecule has 4 atom stereocenters. The first-order chi connectivity index (χ1) is 22.2. The first-order valence-electron chi connectivity index (χ1n) is 16.2. The molecule has 4 N–H and O–H groups in total. The largest absolute Gasteiger partial charge is 0.444 e. The van der Waals surface area contributed by atoms with Crippen molar-refractivity contribution in [2.75, 3.05) is 41.7 Å². The van der Waals surface area contributed by atoms with Crippen LogP contribution >= 0.6 is 23.2 Å². The average molecular weight is 710 g/mol. The van der Waals surface area contributed by atoms with E-state index in [-0.39, 0.29) is 29.8 Å². The lowest BCUT2D eigenvalue weighted by Crippen LogP contribution is -2.42. The minimum atomic E-state index is -0.546. The standard InChI is InChI=1S/C17H24ClN3O4.C17H26ClN3O2/c1-11(19-16(22)25-17(2,3)4)12-7-8-20(10-12)14-6-5-13(18)9-15(14)21(23)24;1-11(20-16(22)23-17(2,3)4)12-7-8-21(10-12)15-6-5-13(18)9-14(15)19/h5-6,9,11-12H,7-8,10H2,1-4H3,(H,19,22);5-6,9,11-12H,7-8,10,19H2,1-4H3,(H,20,22). The average Bonchev–Trinajstić information content (AvgIpc) is 3.62. The molecule has 0 spiro atoms. The van der Waals surface area contributed by atoms with Gasteiger partial charge in [-0.3, -0.25) is 10.1 Å². The van der Waals surface area contributed by atoms with Crippen molar-refractivity contribution < 1.29 is 24.0 Å². The number of ether oxygens (including phenoxy) is 2. The van der Waals surface area contributed by atoms with Crippen LogP contribution in [0, 0.1) is 22.0 Å². The van der Waals surface area contributed by atoms with Crippen molar-refractivity contribution in [2.24, 2.45) is 11.8 Å². The maximum Gasteiger partial charge on any atom is 0.407 e. The molecule has 2 fully saturated rings. The van der Waals surface area contributed by atoms with Gasteiger partial charge in [-0.05, 0) is 110 Å². The molecule has 0 aliphatic carbocycles. The van der Waals surface area contributed by atoms with Crippen LogP contribution in [0.25, 0.3) is 0 Å². The molecule has 0 bridgehead atoms. The lowest BCUT2D eigenvalue weighted by Gasteiger charge is -2.25. The fourth-order valence-corrected chi connectivity index (χ4v) is 6.12. The summed E-state index contributed by atoms with van der Waals surface area (Å²) in [6, 6.07) is 10.2. The van der Waals surface area contributed by atoms with Crippen molar-refractivity contribution in [1.29, 1.82) is 0 Å². The fraction of sp³-hybridized carbons (Fsp3) is 0.588. The highest BCUT2D eigenvalue weighted by atomic mass is 35.5. The van der Waals surface area contributed by atoms with E-state index in [9.17, 15) is 19.7 Å². The normalized spacial score (nSPS) is 19.1. The van der Waals surface area contributed by atoms with Crippen LogP contribution < -0.4 is 26.2 Å². The van der Waals surface area contributed by atoms with Gasteiger partial charge in [0.05, 0.1) is 16.3 Å². The predicted molar refractivity (Wildman–Crippen MR) is 192 cm³/mol. The summed E-state index contributed by atoms with van der Waals surface area (Å²) in [4.78, 5) is 38.9. The molecule has 266 valence electrons. The third kappa shape index (κ3) is 11.8. The Balaban J connectivity index is 0.000000261. The Labute approximate surface area is 293 Å². The van der Waals surface area contributed by atoms with Crippen molar-refractivity contribution in [1.82, 2.24) is 10.6 Å². The van der Waals surface area contributed by atoms with Gasteiger partial charge >= 0.3 is 12.2 Å². The number of nitro groups is 1. The third-order valence-corrected chi connectivity index (χ3v) is 8.63. The van der Waals surface area contributed by atoms with Crippen LogP contribution in [-0.2, 0) is 9.47 Å². The number of rotatable bonds is 7. The second kappa shape index (κ2) is 16.2. The summed E-state index contributed by atoms with van der Waals surface area (Å²) in [5, 5.41) is 18.0. The number of hydrogen-bond acceptors (Lipinski definition) is 9. The topological polar surface area (TPSA) is 152 Å². The summed E-state index contributed by atoms with van der Waals surface area (Å²) >= 11 is 11.8. The van der Waals surface area contributed by atoms with Crippen LogP contribution in [0.3, 0.4) is 0 Å². The molecule has 4 rings (SSSR count). The van der Waals surface area contributed by atoms with E-state index in [1.165, 1.54) is 6.07 Å². The third-order valence-electron chi connectivity index (χ3n) is 8.16. The zero-order valence-electron chi connectivity index (χ0n) is 29.1. The van der Waals surface area contributed by atoms with Gasteiger partial charge < -0.3 is 35.6 Å². The summed E-state index contributed by atoms with van der Waals surface area (Å²) in [6.07, 6.45) is 1.01. The highest BCUT2D eigenvalue weighted by molar-refractivity contribution is 6.31. The Bertz CT molecular complexity index is 1450. The van der Waals surface area contributed by atoms with Crippen LogP contribution in [0.4, 0.5) is 32.3 Å². The molecule has 2 aromatic carbocycles. The quantitative estimate of drug-likeness (QED) is 0.150. The maximum atomic E-state index is 11.9. The number of halogens is 2. The van der Waals surface area contributed by atoms with E-state index in [2.05, 4.69) is 15.5 Å². The number of carbonyl (C=O) groups excluding carboxylic acids is 2. The van der Waals surface area contributed by atoms with E-state index < -0.39 is 22.2 Å². The van der Waals surface area contributed by atoms with Crippen molar-refractivity contribution in [2.45, 2.75) is 91.5 Å². The van der Waals surface area contributed by atoms with Crippen molar-refractivity contribution in [3.05, 3.63) is 56.6 Å². The van der Waals surface area contributed by atoms with E-state index >= 15 is 0 Å². The van der Waals surface area contributed by atoms with Gasteiger partial charge in [0.15, 0.2) is 0 Å². The van der Waals surface area contributed by atoms with Crippen LogP contribution in [-0.4, -0.2) is 66.6 Å². The highest BCUT2D eigenvalue weighted by Crippen LogP contribution is 2.35. The molecule has 48 heavy (non-hydrogen) atoms. The van der Waals surface area contributed by atoms with Gasteiger partial charge in [0, 0.05) is 54.4 Å². The number of nitro benzene ring substituents is 1. The summed E-state index contributed by atoms with van der Waals surface area (Å²) in [5.74, 6) is 0.542. The Morgan fingerprint density at radius 1 is 0.833 bits per heavy atom. The molecule has 14 heteroatoms. The number of nitrogens with one attached hydrogen (secondary N) is 2. The van der Waals surface area contributed by atoms with Crippen LogP contribution in [0.1, 0.15) is 68.2 Å². The maximum absolute atomic E-state index is 11.9. The van der Waals surface area contributed by atoms with Gasteiger partial charge in [-0.1, -0.05) is 23.2 Å². The number of nitrogen functional groups attached to an aromatic ring is 1. The Morgan fingerprint density at radius 2 is 1.25 bits per heavy atom. The van der Waals surface area contributed by atoms with Crippen molar-refractivity contribution >= 4 is 58.1 Å². The monoisotopic (exact) mass is 708 g/mol. The first-order valence-corrected chi connectivity index (χ1v) is 17.0. The minimum Gasteiger partial charge on any atom is -0.444 e. The molecular weight excluding hydrogens is 659 g/mol. The molecule has 0 saturated carbocycles. The summed E-state index contributed by atoms with van der Waals surface area (Å²) in [6.45, 7) is 18.0. The number of alkyl carbamates (subject to hydrolysis) is 2. The van der Waals surface area contributed by atoms with E-state index in [4.69, 9.17) is 38.4 Å². The first kappa shape index (κ1) is 38.8. The number of nitrogens with two attached hydrogens (primary N) is 1. The molecule has 2 aromatic rings. The van der Waals surface area contributed by atoms with Gasteiger partial charge in [-0.25, -0.2) is 9.59 Å². The molecule has 12 nitrogen and oxygen atoms in total. The van der Waals surface area contributed by atoms with Crippen LogP contribution in [0.5, 0.6) is 0 Å². The Hall–Kier alpha value is -3.64. The van der Waals surface area contributed by atoms with E-state index in [0.717, 1.165) is 31.6 Å². The van der Waals surface area contributed by atoms with E-state index in [1.807, 2.05) is 72.4 Å². The number of hydrogen-bond donors (Lipinski definition) is 3. The molecule has 4 unspecified atom stereocenters. The molecular formula is C34H50Cl2N6O6. The lowest BCUT2D eigenvalue weighted by molar-refractivity contribution is -0.384. The van der Waals surface area contributed by atoms with E-state index in [1.54, 1.807) is 18.2 Å². The highest BCUT2D eigenvalue weighted by Gasteiger charge is 2.33. The van der Waals surface area contributed by atoms with Crippen LogP contribution in [0.2, 0.25) is 10.0 Å². The summed E-state index contributed by atoms with van der Waals surface area (Å²) < 4.78 is 10.6. The van der Waals surface area contributed by atoms with Gasteiger partial charge in [-0.15, -0.1) is 0 Å². The van der Waals surface area contributed by atoms with Gasteiger partial charge in [-0.2, -0.15) is 0 Å². The van der Waals surface area contributed by atoms with Gasteiger partial charge in [0.2, 0.25) is 0 Å². The van der Waals surface area contributed by atoms with Gasteiger partial charge in [0.1, 0.15) is 16.9 Å². The number of anilines is 3. The second-order valence-corrected chi connectivity index (χ2v) is 15.3. The van der Waals surface area contributed by atoms with E-state index in [0.29, 0.717) is 40.4 Å². The number of carbonyl (C=O) groups is 2. The number of nitrogens with zero attached hydrogens (tertiary/aromatic N) is 3. The molecule has 2 aliphatic heterocycles. The molecule has 2 amide bonds. The molecule has 2 saturated heterocycles. The SMILES string of the molecule is CC(NC(=O)OC(C)(C)C)C1CCN(c2ccc(Cl)cc2N)C1.CC(NC(=O)OC(C)(C)C)C1CCN(c2ccc(Cl)cc2[N+](=O)[O-])C1. The predicted octanol–water partition coefficient (Wildman–Crippen LogP) is 7.65. The number of amides is 2. The minimum absolute atomic E-state index is 0.000838. The lowest BCUT2D eigenvalue weighted by atomic mass is 10.0. The molecule has 0 radical (unpaired) electrons. The Morgan fingerprint density at radius 3 is 1.67 bits per heavy atom. The summed E-state index contributed by atoms with van der Waals surface area (Å²) in [5.41, 5.74) is 7.27. The number of benzene rings is 2. The molecule has 2 heterocycles. The zero-order chi connectivity index (χ0) is 36.0. The molecule has 2 aliphatic rings. The smallest absolute Gasteiger partial charge is 0.407 e. The zero-order valence-corrected chi connectivity index (χ0v) is 30.7. The van der Waals surface area contributed by atoms with Crippen LogP contribution in [0.15, 0.2) is 36.4 Å². The van der Waals surface area contributed by atoms with Crippen molar-refractivity contribution in [3.8, 4) is 0 Å². The Kier molecular flexibility index (Phi) is 13.1. The van der Waals surface area contributed by atoms with Crippen molar-refractivity contribution in [3.63, 3.8) is 0 Å². The fourth-order valence-electron chi connectivity index (χ4n) is 5.77.